The predicted molar refractivity (Wildman–Crippen MR) is 329 cm³/mol. The van der Waals surface area contributed by atoms with Gasteiger partial charge in [0.25, 0.3) is 0 Å². The number of unbranched alkanes of at least 4 members (excludes halogenated alkanes) is 5. The van der Waals surface area contributed by atoms with Gasteiger partial charge in [-0.2, -0.15) is 0 Å². The smallest absolute Gasteiger partial charge is 0.246 e. The lowest BCUT2D eigenvalue weighted by Crippen LogP contribution is -2.66. The Morgan fingerprint density at radius 3 is 1.71 bits per heavy atom. The fourth-order valence-corrected chi connectivity index (χ4v) is 10.9. The van der Waals surface area contributed by atoms with Crippen LogP contribution in [0.4, 0.5) is 0 Å². The Balaban J connectivity index is 1.74. The molecule has 21 nitrogen and oxygen atoms in total. The molecule has 1 aliphatic heterocycles. The molecule has 6 atom stereocenters. The van der Waals surface area contributed by atoms with E-state index < -0.39 is 100 Å². The van der Waals surface area contributed by atoms with E-state index in [9.17, 15) is 53.1 Å². The maximum absolute atomic E-state index is 14.5. The van der Waals surface area contributed by atoms with Crippen LogP contribution in [0.2, 0.25) is 0 Å². The van der Waals surface area contributed by atoms with Crippen LogP contribution in [0.3, 0.4) is 0 Å². The summed E-state index contributed by atoms with van der Waals surface area (Å²) in [6.45, 7) is 20.7. The number of hydrogen-bond acceptors (Lipinski definition) is 11. The number of aliphatic hydroxyl groups is 1. The third-order valence-electron chi connectivity index (χ3n) is 16.0. The monoisotopic (exact) mass is 1190 g/mol. The molecule has 0 aromatic heterocycles. The van der Waals surface area contributed by atoms with E-state index in [1.165, 1.54) is 41.5 Å². The quantitative estimate of drug-likeness (QED) is 0.0374. The lowest BCUT2D eigenvalue weighted by molar-refractivity contribution is -0.141. The van der Waals surface area contributed by atoms with Crippen molar-refractivity contribution in [1.82, 2.24) is 52.8 Å². The standard InChI is InChI=1S/C64H108N10O11/c1-13-15-16-17-18-25-32-47(69-60(84)63(9,10)73-61(85)64(11,12)72-57(81)50(40-45-30-23-20-24-31-45)68-58(82)51-33-26-36-74(51)53(77)27-14-2)55(79)67-49(38-43(5)6)56(80)71-62(7,8)59(83)70-48(37-42(3)4)54(78)65-35-34-52(76)66-46(41-75)39-44-28-21-19-22-29-44/h19,21-22,28-29,42-43,45-51,75H,13-18,20,23-27,30-41H2,1-12H3,(H,65,78)(H,66,76)(H,67,79)(H,68,82)(H,69,84)(H,70,83)(H,71,80)(H,72,81)(H,73,85)/t46-,47-,48-,49-,50-,51-/m0/s1. The lowest BCUT2D eigenvalue weighted by atomic mass is 9.84. The summed E-state index contributed by atoms with van der Waals surface area (Å²) in [6, 6.07) is 3.91. The van der Waals surface area contributed by atoms with Crippen molar-refractivity contribution in [3.8, 4) is 0 Å². The summed E-state index contributed by atoms with van der Waals surface area (Å²) in [4.78, 5) is 140. The van der Waals surface area contributed by atoms with Crippen LogP contribution >= 0.6 is 0 Å². The predicted octanol–water partition coefficient (Wildman–Crippen LogP) is 5.44. The second kappa shape index (κ2) is 36.1. The fraction of sp³-hybridized carbons (Fsp3) is 0.750. The molecule has 0 radical (unpaired) electrons. The van der Waals surface area contributed by atoms with Gasteiger partial charge in [0, 0.05) is 25.9 Å². The van der Waals surface area contributed by atoms with Crippen LogP contribution in [0.1, 0.15) is 217 Å². The Hall–Kier alpha value is -6.12. The SMILES string of the molecule is CCCCCCCC[C@H](NC(=O)C(C)(C)NC(=O)C(C)(C)NC(=O)[C@H](CC1CCCCC1)NC(=O)[C@@H]1CCCN1C(=O)CCC)C(=O)N[C@@H](CC(C)C)C(=O)NC(C)(C)C(=O)N[C@@H](CC(C)C)C(=O)NCCC(=O)N[C@H](CO)Cc1ccccc1. The van der Waals surface area contributed by atoms with Gasteiger partial charge < -0.3 is 57.9 Å². The zero-order valence-corrected chi connectivity index (χ0v) is 53.5. The first kappa shape index (κ1) is 73.1. The number of benzene rings is 1. The Morgan fingerprint density at radius 2 is 1.12 bits per heavy atom. The molecule has 10 N–H and O–H groups in total. The molecule has 2 fully saturated rings. The number of aliphatic hydroxyl groups excluding tert-OH is 1. The summed E-state index contributed by atoms with van der Waals surface area (Å²) in [5, 5.41) is 35.2. The summed E-state index contributed by atoms with van der Waals surface area (Å²) in [5.74, 6) is -5.31. The van der Waals surface area contributed by atoms with Crippen molar-refractivity contribution in [2.45, 2.75) is 271 Å². The maximum atomic E-state index is 14.5. The molecular formula is C64H108N10O11. The zero-order chi connectivity index (χ0) is 63.5. The van der Waals surface area contributed by atoms with E-state index in [1.54, 1.807) is 4.90 Å². The molecule has 1 aromatic rings. The Morgan fingerprint density at radius 1 is 0.565 bits per heavy atom. The van der Waals surface area contributed by atoms with E-state index in [4.69, 9.17) is 0 Å². The molecule has 1 heterocycles. The highest BCUT2D eigenvalue weighted by Gasteiger charge is 2.42. The van der Waals surface area contributed by atoms with Gasteiger partial charge in [0.05, 0.1) is 12.6 Å². The normalized spacial score (nSPS) is 16.7. The van der Waals surface area contributed by atoms with Gasteiger partial charge in [-0.05, 0) is 116 Å². The van der Waals surface area contributed by atoms with Gasteiger partial charge in [-0.15, -0.1) is 0 Å². The molecule has 0 unspecified atom stereocenters. The molecule has 3 rings (SSSR count). The molecule has 21 heteroatoms. The first-order valence-corrected chi connectivity index (χ1v) is 31.7. The average molecular weight is 1190 g/mol. The third kappa shape index (κ3) is 25.8. The van der Waals surface area contributed by atoms with E-state index in [2.05, 4.69) is 54.8 Å². The number of likely N-dealkylation sites (tertiary alicyclic amines) is 1. The topological polar surface area (TPSA) is 302 Å². The van der Waals surface area contributed by atoms with Crippen molar-refractivity contribution >= 4 is 59.1 Å². The molecule has 1 aromatic carbocycles. The largest absolute Gasteiger partial charge is 0.394 e. The average Bonchev–Trinajstić information content (AvgIpc) is 3.96. The van der Waals surface area contributed by atoms with Crippen LogP contribution in [0.5, 0.6) is 0 Å². The fourth-order valence-electron chi connectivity index (χ4n) is 10.9. The highest BCUT2D eigenvalue weighted by atomic mass is 16.3. The van der Waals surface area contributed by atoms with E-state index in [0.29, 0.717) is 51.5 Å². The molecule has 10 amide bonds. The molecule has 2 aliphatic rings. The lowest BCUT2D eigenvalue weighted by Gasteiger charge is -2.35. The summed E-state index contributed by atoms with van der Waals surface area (Å²) < 4.78 is 0. The molecule has 0 spiro atoms. The van der Waals surface area contributed by atoms with Gasteiger partial charge in [0.15, 0.2) is 0 Å². The van der Waals surface area contributed by atoms with E-state index in [1.807, 2.05) is 65.0 Å². The molecule has 1 saturated carbocycles. The van der Waals surface area contributed by atoms with Crippen molar-refractivity contribution in [2.75, 3.05) is 19.7 Å². The minimum atomic E-state index is -1.64. The van der Waals surface area contributed by atoms with Crippen LogP contribution in [0.15, 0.2) is 30.3 Å². The molecule has 0 bridgehead atoms. The van der Waals surface area contributed by atoms with Crippen LogP contribution in [0.25, 0.3) is 0 Å². The number of nitrogens with zero attached hydrogens (tertiary/aromatic N) is 1. The van der Waals surface area contributed by atoms with Gasteiger partial charge >= 0.3 is 0 Å². The number of carbonyl (C=O) groups excluding carboxylic acids is 10. The van der Waals surface area contributed by atoms with Gasteiger partial charge in [-0.25, -0.2) is 0 Å². The maximum Gasteiger partial charge on any atom is 0.246 e. The summed E-state index contributed by atoms with van der Waals surface area (Å²) in [5.41, 5.74) is -3.87. The summed E-state index contributed by atoms with van der Waals surface area (Å²) >= 11 is 0. The van der Waals surface area contributed by atoms with Gasteiger partial charge in [-0.3, -0.25) is 47.9 Å². The van der Waals surface area contributed by atoms with E-state index in [0.717, 1.165) is 69.8 Å². The summed E-state index contributed by atoms with van der Waals surface area (Å²) in [7, 11) is 0. The van der Waals surface area contributed by atoms with Crippen molar-refractivity contribution in [3.05, 3.63) is 35.9 Å². The Bertz CT molecular complexity index is 2340. The van der Waals surface area contributed by atoms with Crippen molar-refractivity contribution in [3.63, 3.8) is 0 Å². The Kier molecular flexibility index (Phi) is 31.1. The van der Waals surface area contributed by atoms with E-state index >= 15 is 0 Å². The molecule has 85 heavy (non-hydrogen) atoms. The first-order valence-electron chi connectivity index (χ1n) is 31.7. The third-order valence-corrected chi connectivity index (χ3v) is 16.0. The molecule has 480 valence electrons. The zero-order valence-electron chi connectivity index (χ0n) is 53.5. The van der Waals surface area contributed by atoms with Crippen LogP contribution in [0, 0.1) is 17.8 Å². The molecule has 1 saturated heterocycles. The highest BCUT2D eigenvalue weighted by Crippen LogP contribution is 2.28. The van der Waals surface area contributed by atoms with Gasteiger partial charge in [-0.1, -0.05) is 143 Å². The second-order valence-electron chi connectivity index (χ2n) is 26.2. The molecular weight excluding hydrogens is 1080 g/mol. The minimum Gasteiger partial charge on any atom is -0.394 e. The molecule has 1 aliphatic carbocycles. The van der Waals surface area contributed by atoms with E-state index in [-0.39, 0.29) is 68.4 Å². The number of carbonyl (C=O) groups is 10. The van der Waals surface area contributed by atoms with Crippen LogP contribution < -0.4 is 47.9 Å². The van der Waals surface area contributed by atoms with Gasteiger partial charge in [0.1, 0.15) is 46.8 Å². The number of hydrogen-bond donors (Lipinski definition) is 10. The van der Waals surface area contributed by atoms with Crippen molar-refractivity contribution in [1.29, 1.82) is 0 Å². The van der Waals surface area contributed by atoms with Crippen LogP contribution in [-0.2, 0) is 54.4 Å². The number of rotatable bonds is 37. The van der Waals surface area contributed by atoms with Crippen molar-refractivity contribution in [2.24, 2.45) is 17.8 Å². The van der Waals surface area contributed by atoms with Gasteiger partial charge in [0.2, 0.25) is 59.1 Å². The number of amides is 10. The minimum absolute atomic E-state index is 0.0329. The second-order valence-corrected chi connectivity index (χ2v) is 26.2. The van der Waals surface area contributed by atoms with Crippen molar-refractivity contribution < 1.29 is 53.1 Å². The number of nitrogens with one attached hydrogen (secondary N) is 9. The first-order chi connectivity index (χ1) is 40.0. The Labute approximate surface area is 507 Å². The summed E-state index contributed by atoms with van der Waals surface area (Å²) in [6.07, 6.45) is 13.7. The highest BCUT2D eigenvalue weighted by molar-refractivity contribution is 6.00. The van der Waals surface area contributed by atoms with Crippen LogP contribution in [-0.4, -0.2) is 142 Å².